The van der Waals surface area contributed by atoms with Crippen molar-refractivity contribution in [2.75, 3.05) is 43.2 Å². The fraction of sp³-hybridized carbons (Fsp3) is 0.316. The van der Waals surface area contributed by atoms with Gasteiger partial charge in [-0.1, -0.05) is 22.9 Å². The van der Waals surface area contributed by atoms with Crippen LogP contribution in [0.25, 0.3) is 10.3 Å². The number of benzene rings is 1. The average molecular weight is 481 g/mol. The number of halogens is 1. The molecule has 1 amide bonds. The second kappa shape index (κ2) is 8.67. The van der Waals surface area contributed by atoms with Gasteiger partial charge in [-0.3, -0.25) is 9.69 Å². The molecule has 1 saturated heterocycles. The Morgan fingerprint density at radius 1 is 1.26 bits per heavy atom. The van der Waals surface area contributed by atoms with Crippen molar-refractivity contribution in [3.8, 4) is 0 Å². The van der Waals surface area contributed by atoms with E-state index in [9.17, 15) is 13.2 Å². The maximum atomic E-state index is 12.4. The lowest BCUT2D eigenvalue weighted by atomic mass is 10.3. The van der Waals surface area contributed by atoms with Crippen molar-refractivity contribution < 1.29 is 13.2 Å². The Morgan fingerprint density at radius 2 is 2.00 bits per heavy atom. The number of nitrogens with zero attached hydrogens (tertiary/aromatic N) is 4. The molecule has 2 atom stereocenters. The van der Waals surface area contributed by atoms with Gasteiger partial charge in [0.15, 0.2) is 5.13 Å². The van der Waals surface area contributed by atoms with E-state index >= 15 is 0 Å². The monoisotopic (exact) mass is 480 g/mol. The van der Waals surface area contributed by atoms with E-state index in [1.54, 1.807) is 0 Å². The smallest absolute Gasteiger partial charge is 0.244 e. The molecular formula is C19H21ClN6O3S2. The van der Waals surface area contributed by atoms with Gasteiger partial charge >= 0.3 is 0 Å². The van der Waals surface area contributed by atoms with Crippen LogP contribution in [-0.4, -0.2) is 68.2 Å². The van der Waals surface area contributed by atoms with E-state index in [2.05, 4.69) is 20.0 Å². The summed E-state index contributed by atoms with van der Waals surface area (Å²) in [5.41, 5.74) is 1.66. The van der Waals surface area contributed by atoms with Crippen molar-refractivity contribution in [2.45, 2.75) is 6.04 Å². The van der Waals surface area contributed by atoms with Gasteiger partial charge in [0.2, 0.25) is 15.9 Å². The minimum absolute atomic E-state index is 0.156. The van der Waals surface area contributed by atoms with Crippen molar-refractivity contribution in [3.05, 3.63) is 41.4 Å². The van der Waals surface area contributed by atoms with E-state index in [4.69, 9.17) is 11.6 Å². The summed E-state index contributed by atoms with van der Waals surface area (Å²) in [6.45, 7) is 1.35. The van der Waals surface area contributed by atoms with Gasteiger partial charge in [0.25, 0.3) is 0 Å². The van der Waals surface area contributed by atoms with Crippen LogP contribution in [-0.2, 0) is 14.8 Å². The van der Waals surface area contributed by atoms with Crippen LogP contribution in [0.2, 0.25) is 5.02 Å². The summed E-state index contributed by atoms with van der Waals surface area (Å²) in [7, 11) is -1.31. The van der Waals surface area contributed by atoms with Crippen LogP contribution in [0.5, 0.6) is 0 Å². The largest absolute Gasteiger partial charge is 0.329 e. The number of rotatable bonds is 8. The molecule has 0 saturated carbocycles. The van der Waals surface area contributed by atoms with E-state index in [1.165, 1.54) is 11.3 Å². The number of aromatic nitrogens is 2. The second-order valence-electron chi connectivity index (χ2n) is 7.21. The van der Waals surface area contributed by atoms with Gasteiger partial charge in [0, 0.05) is 37.4 Å². The Kier molecular flexibility index (Phi) is 6.13. The Bertz CT molecular complexity index is 1220. The van der Waals surface area contributed by atoms with Crippen molar-refractivity contribution in [2.24, 2.45) is 0 Å². The standard InChI is InChI=1S/C19H21ClN6O3S2/c1-25(13-5-3-12(20)4-6-13)16-8-7-14-18(23-16)30-19(22-14)24-17(27)15-11-26(15)10-9-21-31(2,28)29/h3-8,15,21H,9-11H2,1-2H3,(H,22,24,27). The lowest BCUT2D eigenvalue weighted by Crippen LogP contribution is -2.29. The third-order valence-corrected chi connectivity index (χ3v) is 6.67. The first kappa shape index (κ1) is 21.9. The van der Waals surface area contributed by atoms with E-state index in [1.807, 2.05) is 53.2 Å². The Morgan fingerprint density at radius 3 is 2.71 bits per heavy atom. The molecule has 31 heavy (non-hydrogen) atoms. The van der Waals surface area contributed by atoms with Crippen LogP contribution in [0.1, 0.15) is 0 Å². The highest BCUT2D eigenvalue weighted by atomic mass is 35.5. The van der Waals surface area contributed by atoms with E-state index in [0.29, 0.717) is 28.8 Å². The van der Waals surface area contributed by atoms with E-state index < -0.39 is 10.0 Å². The van der Waals surface area contributed by atoms with Crippen LogP contribution in [0, 0.1) is 0 Å². The van der Waals surface area contributed by atoms with E-state index in [0.717, 1.165) is 22.6 Å². The number of fused-ring (bicyclic) bond motifs is 1. The molecule has 0 aliphatic carbocycles. The summed E-state index contributed by atoms with van der Waals surface area (Å²) >= 11 is 7.27. The molecule has 0 bridgehead atoms. The van der Waals surface area contributed by atoms with Crippen molar-refractivity contribution >= 4 is 65.9 Å². The lowest BCUT2D eigenvalue weighted by molar-refractivity contribution is -0.116. The molecular weight excluding hydrogens is 460 g/mol. The Balaban J connectivity index is 1.38. The van der Waals surface area contributed by atoms with Gasteiger partial charge in [-0.05, 0) is 36.4 Å². The van der Waals surface area contributed by atoms with E-state index in [-0.39, 0.29) is 18.5 Å². The zero-order chi connectivity index (χ0) is 22.2. The highest BCUT2D eigenvalue weighted by Gasteiger charge is 2.40. The molecule has 1 aliphatic rings. The molecule has 1 aromatic carbocycles. The predicted octanol–water partition coefficient (Wildman–Crippen LogP) is 2.28. The highest BCUT2D eigenvalue weighted by molar-refractivity contribution is 7.88. The molecule has 3 aromatic rings. The molecule has 1 fully saturated rings. The number of sulfonamides is 1. The van der Waals surface area contributed by atoms with Crippen molar-refractivity contribution in [1.29, 1.82) is 0 Å². The van der Waals surface area contributed by atoms with Crippen LogP contribution >= 0.6 is 22.9 Å². The molecule has 2 unspecified atom stereocenters. The van der Waals surface area contributed by atoms with Gasteiger partial charge in [0.05, 0.1) is 6.26 Å². The summed E-state index contributed by atoms with van der Waals surface area (Å²) in [4.78, 5) is 26.1. The van der Waals surface area contributed by atoms with Gasteiger partial charge < -0.3 is 10.2 Å². The molecule has 0 radical (unpaired) electrons. The minimum atomic E-state index is -3.22. The third kappa shape index (κ3) is 5.49. The van der Waals surface area contributed by atoms with Crippen LogP contribution < -0.4 is 14.9 Å². The molecule has 1 aliphatic heterocycles. The molecule has 3 heterocycles. The normalized spacial score (nSPS) is 18.2. The molecule has 12 heteroatoms. The Labute approximate surface area is 189 Å². The first-order valence-electron chi connectivity index (χ1n) is 9.46. The number of carbonyl (C=O) groups is 1. The van der Waals surface area contributed by atoms with Crippen LogP contribution in [0.15, 0.2) is 36.4 Å². The predicted molar refractivity (Wildman–Crippen MR) is 124 cm³/mol. The quantitative estimate of drug-likeness (QED) is 0.476. The maximum Gasteiger partial charge on any atom is 0.244 e. The summed E-state index contributed by atoms with van der Waals surface area (Å²) in [6, 6.07) is 11.0. The number of anilines is 3. The first-order valence-corrected chi connectivity index (χ1v) is 12.5. The summed E-state index contributed by atoms with van der Waals surface area (Å²) in [5, 5.41) is 3.99. The summed E-state index contributed by atoms with van der Waals surface area (Å²) in [6.07, 6.45) is 1.11. The van der Waals surface area contributed by atoms with Crippen LogP contribution in [0.3, 0.4) is 0 Å². The van der Waals surface area contributed by atoms with Gasteiger partial charge in [-0.2, -0.15) is 0 Å². The number of hydrogen-bond donors (Lipinski definition) is 2. The molecule has 9 nitrogen and oxygen atoms in total. The minimum Gasteiger partial charge on any atom is -0.329 e. The maximum absolute atomic E-state index is 12.4. The summed E-state index contributed by atoms with van der Waals surface area (Å²) in [5.74, 6) is 0.597. The number of carbonyl (C=O) groups excluding carboxylic acids is 1. The lowest BCUT2D eigenvalue weighted by Gasteiger charge is -2.18. The van der Waals surface area contributed by atoms with Crippen molar-refractivity contribution in [1.82, 2.24) is 19.6 Å². The topological polar surface area (TPSA) is 107 Å². The van der Waals surface area contributed by atoms with Gasteiger partial charge in [0.1, 0.15) is 22.2 Å². The number of nitrogens with one attached hydrogen (secondary N) is 2. The molecule has 4 rings (SSSR count). The number of pyridine rings is 1. The molecule has 0 spiro atoms. The number of amides is 1. The SMILES string of the molecule is CN(c1ccc(Cl)cc1)c1ccc2nc(NC(=O)C3CN3CCNS(C)(=O)=O)sc2n1. The summed E-state index contributed by atoms with van der Waals surface area (Å²) < 4.78 is 24.6. The fourth-order valence-electron chi connectivity index (χ4n) is 3.08. The Hall–Kier alpha value is -2.31. The highest BCUT2D eigenvalue weighted by Crippen LogP contribution is 2.30. The van der Waals surface area contributed by atoms with Crippen molar-refractivity contribution in [3.63, 3.8) is 0 Å². The number of thiazole rings is 1. The number of hydrogen-bond acceptors (Lipinski definition) is 8. The zero-order valence-corrected chi connectivity index (χ0v) is 19.3. The third-order valence-electron chi connectivity index (χ3n) is 4.81. The van der Waals surface area contributed by atoms with Gasteiger partial charge in [-0.25, -0.2) is 23.1 Å². The molecule has 2 N–H and O–H groups in total. The molecule has 164 valence electrons. The first-order chi connectivity index (χ1) is 14.7. The fourth-order valence-corrected chi connectivity index (χ4v) is 4.50. The molecule has 2 aromatic heterocycles. The second-order valence-corrected chi connectivity index (χ2v) is 10.5. The average Bonchev–Trinajstić information content (AvgIpc) is 3.37. The zero-order valence-electron chi connectivity index (χ0n) is 16.9. The van der Waals surface area contributed by atoms with Gasteiger partial charge in [-0.15, -0.1) is 0 Å². The van der Waals surface area contributed by atoms with Crippen LogP contribution in [0.4, 0.5) is 16.6 Å².